The van der Waals surface area contributed by atoms with Gasteiger partial charge in [0.1, 0.15) is 5.82 Å². The van der Waals surface area contributed by atoms with Gasteiger partial charge in [-0.3, -0.25) is 0 Å². The molecule has 0 aromatic carbocycles. The Hall–Kier alpha value is -1.25. The van der Waals surface area contributed by atoms with E-state index >= 15 is 0 Å². The first-order chi connectivity index (χ1) is 7.86. The summed E-state index contributed by atoms with van der Waals surface area (Å²) < 4.78 is 5.59. The summed E-state index contributed by atoms with van der Waals surface area (Å²) >= 11 is 0. The molecule has 0 bridgehead atoms. The summed E-state index contributed by atoms with van der Waals surface area (Å²) in [6.07, 6.45) is 4.90. The van der Waals surface area contributed by atoms with E-state index in [9.17, 15) is 0 Å². The monoisotopic (exact) mass is 222 g/mol. The fourth-order valence-corrected chi connectivity index (χ4v) is 1.48. The topological polar surface area (TPSA) is 34.1 Å². The van der Waals surface area contributed by atoms with Crippen molar-refractivity contribution in [3.05, 3.63) is 18.2 Å². The minimum Gasteiger partial charge on any atom is -0.478 e. The maximum absolute atomic E-state index is 5.59. The van der Waals surface area contributed by atoms with Crippen LogP contribution in [-0.4, -0.2) is 18.1 Å². The summed E-state index contributed by atoms with van der Waals surface area (Å²) in [5, 5.41) is 3.17. The summed E-state index contributed by atoms with van der Waals surface area (Å²) in [5.41, 5.74) is 0. The number of unbranched alkanes of at least 4 members (excludes halogenated alkanes) is 3. The quantitative estimate of drug-likeness (QED) is 0.684. The van der Waals surface area contributed by atoms with Crippen LogP contribution in [0.2, 0.25) is 0 Å². The molecular weight excluding hydrogens is 200 g/mol. The van der Waals surface area contributed by atoms with E-state index in [0.717, 1.165) is 31.3 Å². The van der Waals surface area contributed by atoms with E-state index in [4.69, 9.17) is 4.74 Å². The van der Waals surface area contributed by atoms with Crippen LogP contribution in [0.1, 0.15) is 39.5 Å². The first-order valence-corrected chi connectivity index (χ1v) is 6.20. The molecule has 0 radical (unpaired) electrons. The molecule has 1 aromatic rings. The van der Waals surface area contributed by atoms with E-state index in [1.54, 1.807) is 0 Å². The predicted octanol–water partition coefficient (Wildman–Crippen LogP) is 3.47. The SMILES string of the molecule is CCCCCCOc1cccc(NCC)n1. The molecule has 0 fully saturated rings. The van der Waals surface area contributed by atoms with Gasteiger partial charge in [-0.05, 0) is 19.4 Å². The number of hydrogen-bond donors (Lipinski definition) is 1. The maximum atomic E-state index is 5.59. The molecule has 90 valence electrons. The van der Waals surface area contributed by atoms with E-state index in [1.165, 1.54) is 19.3 Å². The molecule has 0 saturated carbocycles. The lowest BCUT2D eigenvalue weighted by atomic mass is 10.2. The molecule has 16 heavy (non-hydrogen) atoms. The Kier molecular flexibility index (Phi) is 6.38. The molecule has 0 aliphatic heterocycles. The lowest BCUT2D eigenvalue weighted by Crippen LogP contribution is -2.02. The molecule has 0 amide bonds. The van der Waals surface area contributed by atoms with Crippen LogP contribution in [0.4, 0.5) is 5.82 Å². The van der Waals surface area contributed by atoms with Crippen LogP contribution in [0, 0.1) is 0 Å². The Morgan fingerprint density at radius 2 is 2.06 bits per heavy atom. The van der Waals surface area contributed by atoms with Gasteiger partial charge in [0.15, 0.2) is 0 Å². The molecule has 0 unspecified atom stereocenters. The molecule has 0 atom stereocenters. The summed E-state index contributed by atoms with van der Waals surface area (Å²) in [4.78, 5) is 4.35. The number of ether oxygens (including phenoxy) is 1. The number of nitrogens with zero attached hydrogens (tertiary/aromatic N) is 1. The number of pyridine rings is 1. The van der Waals surface area contributed by atoms with Gasteiger partial charge in [-0.2, -0.15) is 4.98 Å². The largest absolute Gasteiger partial charge is 0.478 e. The van der Waals surface area contributed by atoms with Gasteiger partial charge in [-0.25, -0.2) is 0 Å². The van der Waals surface area contributed by atoms with E-state index in [2.05, 4.69) is 24.1 Å². The second-order valence-electron chi connectivity index (χ2n) is 3.80. The van der Waals surface area contributed by atoms with Crippen molar-refractivity contribution < 1.29 is 4.74 Å². The van der Waals surface area contributed by atoms with Crippen molar-refractivity contribution in [2.75, 3.05) is 18.5 Å². The van der Waals surface area contributed by atoms with Crippen molar-refractivity contribution >= 4 is 5.82 Å². The third-order valence-corrected chi connectivity index (χ3v) is 2.33. The lowest BCUT2D eigenvalue weighted by Gasteiger charge is -2.07. The molecule has 1 aromatic heterocycles. The van der Waals surface area contributed by atoms with E-state index in [-0.39, 0.29) is 0 Å². The van der Waals surface area contributed by atoms with Crippen molar-refractivity contribution in [2.24, 2.45) is 0 Å². The summed E-state index contributed by atoms with van der Waals surface area (Å²) in [6, 6.07) is 5.82. The zero-order chi connectivity index (χ0) is 11.6. The Labute approximate surface area is 98.2 Å². The van der Waals surface area contributed by atoms with Crippen molar-refractivity contribution in [3.8, 4) is 5.88 Å². The minimum atomic E-state index is 0.718. The molecule has 3 nitrogen and oxygen atoms in total. The third kappa shape index (κ3) is 5.01. The van der Waals surface area contributed by atoms with Gasteiger partial charge in [-0.1, -0.05) is 32.3 Å². The van der Waals surface area contributed by atoms with Crippen molar-refractivity contribution in [3.63, 3.8) is 0 Å². The average Bonchev–Trinajstić information content (AvgIpc) is 2.30. The molecule has 1 rings (SSSR count). The van der Waals surface area contributed by atoms with Gasteiger partial charge in [-0.15, -0.1) is 0 Å². The number of aromatic nitrogens is 1. The Balaban J connectivity index is 2.27. The standard InChI is InChI=1S/C13H22N2O/c1-3-5-6-7-11-16-13-10-8-9-12(15-13)14-4-2/h8-10H,3-7,11H2,1-2H3,(H,14,15). The van der Waals surface area contributed by atoms with Gasteiger partial charge >= 0.3 is 0 Å². The fourth-order valence-electron chi connectivity index (χ4n) is 1.48. The molecule has 1 heterocycles. The zero-order valence-corrected chi connectivity index (χ0v) is 10.3. The summed E-state index contributed by atoms with van der Waals surface area (Å²) in [7, 11) is 0. The molecule has 0 aliphatic rings. The first kappa shape index (κ1) is 12.8. The van der Waals surface area contributed by atoms with Crippen LogP contribution in [-0.2, 0) is 0 Å². The number of nitrogens with one attached hydrogen (secondary N) is 1. The van der Waals surface area contributed by atoms with Crippen LogP contribution < -0.4 is 10.1 Å². The summed E-state index contributed by atoms with van der Waals surface area (Å²) in [5.74, 6) is 1.60. The highest BCUT2D eigenvalue weighted by Gasteiger charge is 1.97. The smallest absolute Gasteiger partial charge is 0.215 e. The van der Waals surface area contributed by atoms with Crippen LogP contribution in [0.5, 0.6) is 5.88 Å². The van der Waals surface area contributed by atoms with Crippen LogP contribution in [0.15, 0.2) is 18.2 Å². The van der Waals surface area contributed by atoms with Gasteiger partial charge in [0.2, 0.25) is 5.88 Å². The molecular formula is C13H22N2O. The van der Waals surface area contributed by atoms with E-state index < -0.39 is 0 Å². The van der Waals surface area contributed by atoms with E-state index in [1.807, 2.05) is 18.2 Å². The lowest BCUT2D eigenvalue weighted by molar-refractivity contribution is 0.294. The van der Waals surface area contributed by atoms with Crippen molar-refractivity contribution in [1.29, 1.82) is 0 Å². The highest BCUT2D eigenvalue weighted by atomic mass is 16.5. The van der Waals surface area contributed by atoms with Crippen molar-refractivity contribution in [2.45, 2.75) is 39.5 Å². The minimum absolute atomic E-state index is 0.718. The first-order valence-electron chi connectivity index (χ1n) is 6.20. The van der Waals surface area contributed by atoms with Crippen molar-refractivity contribution in [1.82, 2.24) is 4.98 Å². The Morgan fingerprint density at radius 3 is 2.81 bits per heavy atom. The van der Waals surface area contributed by atoms with Crippen LogP contribution in [0.25, 0.3) is 0 Å². The Morgan fingerprint density at radius 1 is 1.19 bits per heavy atom. The second kappa shape index (κ2) is 7.97. The number of anilines is 1. The van der Waals surface area contributed by atoms with E-state index in [0.29, 0.717) is 0 Å². The Bertz CT molecular complexity index is 289. The number of hydrogen-bond acceptors (Lipinski definition) is 3. The summed E-state index contributed by atoms with van der Waals surface area (Å²) in [6.45, 7) is 5.91. The normalized spacial score (nSPS) is 10.1. The highest BCUT2D eigenvalue weighted by molar-refractivity contribution is 5.36. The molecule has 1 N–H and O–H groups in total. The molecule has 0 aliphatic carbocycles. The van der Waals surface area contributed by atoms with Crippen LogP contribution in [0.3, 0.4) is 0 Å². The molecule has 0 spiro atoms. The van der Waals surface area contributed by atoms with Gasteiger partial charge in [0.05, 0.1) is 6.61 Å². The molecule has 0 saturated heterocycles. The van der Waals surface area contributed by atoms with Gasteiger partial charge < -0.3 is 10.1 Å². The second-order valence-corrected chi connectivity index (χ2v) is 3.80. The highest BCUT2D eigenvalue weighted by Crippen LogP contribution is 2.11. The van der Waals surface area contributed by atoms with Gasteiger partial charge in [0, 0.05) is 12.6 Å². The van der Waals surface area contributed by atoms with Crippen LogP contribution >= 0.6 is 0 Å². The fraction of sp³-hybridized carbons (Fsp3) is 0.615. The van der Waals surface area contributed by atoms with Gasteiger partial charge in [0.25, 0.3) is 0 Å². The average molecular weight is 222 g/mol. The maximum Gasteiger partial charge on any atom is 0.215 e. The third-order valence-electron chi connectivity index (χ3n) is 2.33. The predicted molar refractivity (Wildman–Crippen MR) is 68.0 cm³/mol. The molecule has 3 heteroatoms. The number of rotatable bonds is 8. The zero-order valence-electron chi connectivity index (χ0n) is 10.3.